The largest absolute Gasteiger partial charge is 0.494 e. The maximum absolute atomic E-state index is 13.7. The first-order valence-electron chi connectivity index (χ1n) is 13.4. The number of H-pyrrole nitrogens is 1. The van der Waals surface area contributed by atoms with Gasteiger partial charge in [-0.3, -0.25) is 9.69 Å². The summed E-state index contributed by atoms with van der Waals surface area (Å²) in [7, 11) is 0. The normalized spacial score (nSPS) is 17.9. The number of carbonyl (C=O) groups is 1. The Morgan fingerprint density at radius 3 is 2.58 bits per heavy atom. The van der Waals surface area contributed by atoms with Crippen LogP contribution in [0.5, 0.6) is 5.75 Å². The van der Waals surface area contributed by atoms with Crippen molar-refractivity contribution in [3.8, 4) is 5.75 Å². The SMILES string of the molecule is O=C(c1ccccc1)N1CCc2c([nH]c3ccc(Cl)cc23)C1c1ccc(OCCCN2CCOCC2)cc1. The van der Waals surface area contributed by atoms with Gasteiger partial charge in [-0.1, -0.05) is 41.9 Å². The highest BCUT2D eigenvalue weighted by Gasteiger charge is 2.35. The van der Waals surface area contributed by atoms with Crippen molar-refractivity contribution in [3.05, 3.63) is 100 Å². The lowest BCUT2D eigenvalue weighted by molar-refractivity contribution is 0.0358. The molecule has 1 amide bonds. The van der Waals surface area contributed by atoms with Crippen LogP contribution in [0, 0.1) is 0 Å². The summed E-state index contributed by atoms with van der Waals surface area (Å²) in [5, 5.41) is 1.85. The van der Waals surface area contributed by atoms with Crippen molar-refractivity contribution in [2.45, 2.75) is 18.9 Å². The predicted octanol–water partition coefficient (Wildman–Crippen LogP) is 5.71. The molecule has 6 rings (SSSR count). The lowest BCUT2D eigenvalue weighted by Gasteiger charge is -2.36. The minimum atomic E-state index is -0.229. The number of halogens is 1. The number of carbonyl (C=O) groups excluding carboxylic acids is 1. The Kier molecular flexibility index (Phi) is 7.36. The first kappa shape index (κ1) is 25.0. The first-order valence-corrected chi connectivity index (χ1v) is 13.7. The van der Waals surface area contributed by atoms with Crippen LogP contribution in [0.4, 0.5) is 0 Å². The molecule has 6 nitrogen and oxygen atoms in total. The molecule has 4 aromatic rings. The van der Waals surface area contributed by atoms with Crippen LogP contribution in [0.3, 0.4) is 0 Å². The lowest BCUT2D eigenvalue weighted by Crippen LogP contribution is -2.40. The smallest absolute Gasteiger partial charge is 0.254 e. The van der Waals surface area contributed by atoms with Crippen molar-refractivity contribution in [3.63, 3.8) is 0 Å². The topological polar surface area (TPSA) is 57.8 Å². The highest BCUT2D eigenvalue weighted by molar-refractivity contribution is 6.31. The molecule has 2 aliphatic rings. The van der Waals surface area contributed by atoms with E-state index in [9.17, 15) is 4.79 Å². The molecule has 1 aromatic heterocycles. The number of amides is 1. The van der Waals surface area contributed by atoms with E-state index in [0.29, 0.717) is 23.7 Å². The number of aromatic nitrogens is 1. The number of rotatable bonds is 7. The second kappa shape index (κ2) is 11.2. The van der Waals surface area contributed by atoms with E-state index < -0.39 is 0 Å². The number of aromatic amines is 1. The summed E-state index contributed by atoms with van der Waals surface area (Å²) in [6.45, 7) is 5.95. The van der Waals surface area contributed by atoms with E-state index in [4.69, 9.17) is 21.1 Å². The van der Waals surface area contributed by atoms with Gasteiger partial charge in [0.1, 0.15) is 5.75 Å². The van der Waals surface area contributed by atoms with Crippen molar-refractivity contribution in [2.75, 3.05) is 46.0 Å². The fraction of sp³-hybridized carbons (Fsp3) is 0.323. The molecule has 1 saturated heterocycles. The van der Waals surface area contributed by atoms with E-state index in [-0.39, 0.29) is 11.9 Å². The molecule has 0 bridgehead atoms. The van der Waals surface area contributed by atoms with E-state index in [0.717, 1.165) is 73.6 Å². The molecule has 3 heterocycles. The Morgan fingerprint density at radius 2 is 1.79 bits per heavy atom. The van der Waals surface area contributed by atoms with Crippen LogP contribution in [0.1, 0.15) is 39.6 Å². The molecular formula is C31H32ClN3O3. The molecule has 0 radical (unpaired) electrons. The first-order chi connectivity index (χ1) is 18.7. The molecule has 1 fully saturated rings. The summed E-state index contributed by atoms with van der Waals surface area (Å²) < 4.78 is 11.5. The van der Waals surface area contributed by atoms with Crippen LogP contribution in [0.15, 0.2) is 72.8 Å². The maximum Gasteiger partial charge on any atom is 0.254 e. The van der Waals surface area contributed by atoms with Gasteiger partial charge >= 0.3 is 0 Å². The van der Waals surface area contributed by atoms with Crippen LogP contribution < -0.4 is 4.74 Å². The number of hydrogen-bond donors (Lipinski definition) is 1. The van der Waals surface area contributed by atoms with Crippen LogP contribution in [0.25, 0.3) is 10.9 Å². The molecule has 7 heteroatoms. The number of benzene rings is 3. The average molecular weight is 530 g/mol. The van der Waals surface area contributed by atoms with Gasteiger partial charge in [0.25, 0.3) is 5.91 Å². The van der Waals surface area contributed by atoms with E-state index in [1.165, 1.54) is 5.56 Å². The zero-order valence-electron chi connectivity index (χ0n) is 21.4. The number of ether oxygens (including phenoxy) is 2. The zero-order valence-corrected chi connectivity index (χ0v) is 22.1. The summed E-state index contributed by atoms with van der Waals surface area (Å²) in [6.07, 6.45) is 1.75. The van der Waals surface area contributed by atoms with Gasteiger partial charge in [0.2, 0.25) is 0 Å². The third-order valence-electron chi connectivity index (χ3n) is 7.56. The minimum absolute atomic E-state index is 0.0291. The van der Waals surface area contributed by atoms with Crippen molar-refractivity contribution < 1.29 is 14.3 Å². The summed E-state index contributed by atoms with van der Waals surface area (Å²) in [4.78, 5) is 21.7. The molecule has 3 aromatic carbocycles. The minimum Gasteiger partial charge on any atom is -0.494 e. The maximum atomic E-state index is 13.7. The van der Waals surface area contributed by atoms with Gasteiger partial charge < -0.3 is 19.4 Å². The highest BCUT2D eigenvalue weighted by atomic mass is 35.5. The van der Waals surface area contributed by atoms with Crippen LogP contribution in [-0.4, -0.2) is 66.7 Å². The Labute approximate surface area is 228 Å². The number of nitrogens with one attached hydrogen (secondary N) is 1. The van der Waals surface area contributed by atoms with Crippen molar-refractivity contribution >= 4 is 28.4 Å². The summed E-state index contributed by atoms with van der Waals surface area (Å²) >= 11 is 6.34. The zero-order chi connectivity index (χ0) is 25.9. The van der Waals surface area contributed by atoms with Crippen LogP contribution >= 0.6 is 11.6 Å². The third kappa shape index (κ3) is 5.17. The molecule has 2 aliphatic heterocycles. The van der Waals surface area contributed by atoms with Gasteiger partial charge in [0.05, 0.1) is 25.9 Å². The third-order valence-corrected chi connectivity index (χ3v) is 7.79. The quantitative estimate of drug-likeness (QED) is 0.311. The Morgan fingerprint density at radius 1 is 1.00 bits per heavy atom. The molecule has 0 saturated carbocycles. The monoisotopic (exact) mass is 529 g/mol. The van der Waals surface area contributed by atoms with Crippen molar-refractivity contribution in [1.82, 2.24) is 14.8 Å². The molecule has 1 unspecified atom stereocenters. The number of fused-ring (bicyclic) bond motifs is 3. The summed E-state index contributed by atoms with van der Waals surface area (Å²) in [6, 6.07) is 23.4. The number of hydrogen-bond acceptors (Lipinski definition) is 4. The Balaban J connectivity index is 1.25. The molecule has 1 N–H and O–H groups in total. The van der Waals surface area contributed by atoms with E-state index >= 15 is 0 Å². The van der Waals surface area contributed by atoms with E-state index in [1.54, 1.807) is 0 Å². The van der Waals surface area contributed by atoms with Gasteiger partial charge in [-0.15, -0.1) is 0 Å². The fourth-order valence-electron chi connectivity index (χ4n) is 5.62. The predicted molar refractivity (Wildman–Crippen MR) is 150 cm³/mol. The standard InChI is InChI=1S/C31H32ClN3O3/c32-24-9-12-28-27(21-24)26-13-15-35(31(36)23-5-2-1-3-6-23)30(29(26)33-28)22-7-10-25(11-8-22)38-18-4-14-34-16-19-37-20-17-34/h1-3,5-12,21,30,33H,4,13-20H2. The Hall–Kier alpha value is -3.32. The Bertz CT molecular complexity index is 1400. The van der Waals surface area contributed by atoms with Crippen molar-refractivity contribution in [2.24, 2.45) is 0 Å². The van der Waals surface area contributed by atoms with Gasteiger partial charge in [0, 0.05) is 53.4 Å². The summed E-state index contributed by atoms with van der Waals surface area (Å²) in [5.41, 5.74) is 5.07. The molecule has 0 aliphatic carbocycles. The molecule has 1 atom stereocenters. The van der Waals surface area contributed by atoms with Crippen LogP contribution in [0.2, 0.25) is 5.02 Å². The van der Waals surface area contributed by atoms with E-state index in [1.807, 2.05) is 65.6 Å². The lowest BCUT2D eigenvalue weighted by atomic mass is 9.91. The van der Waals surface area contributed by atoms with Gasteiger partial charge in [-0.05, 0) is 66.4 Å². The highest BCUT2D eigenvalue weighted by Crippen LogP contribution is 2.40. The fourth-order valence-corrected chi connectivity index (χ4v) is 5.79. The molecule has 0 spiro atoms. The second-order valence-electron chi connectivity index (χ2n) is 9.95. The van der Waals surface area contributed by atoms with Crippen LogP contribution in [-0.2, 0) is 11.2 Å². The molecule has 38 heavy (non-hydrogen) atoms. The molecular weight excluding hydrogens is 498 g/mol. The number of nitrogens with zero attached hydrogens (tertiary/aromatic N) is 2. The van der Waals surface area contributed by atoms with E-state index in [2.05, 4.69) is 22.0 Å². The second-order valence-corrected chi connectivity index (χ2v) is 10.4. The van der Waals surface area contributed by atoms with Gasteiger partial charge in [-0.2, -0.15) is 0 Å². The van der Waals surface area contributed by atoms with Gasteiger partial charge in [-0.25, -0.2) is 0 Å². The summed E-state index contributed by atoms with van der Waals surface area (Å²) in [5.74, 6) is 0.873. The molecule has 196 valence electrons. The number of morpholine rings is 1. The van der Waals surface area contributed by atoms with Crippen molar-refractivity contribution in [1.29, 1.82) is 0 Å². The average Bonchev–Trinajstić information content (AvgIpc) is 3.33. The van der Waals surface area contributed by atoms with Gasteiger partial charge in [0.15, 0.2) is 0 Å².